The minimum atomic E-state index is 0.145. The number of nitrogens with one attached hydrogen (secondary N) is 2. The van der Waals surface area contributed by atoms with Crippen LogP contribution in [0.15, 0.2) is 54.9 Å². The predicted octanol–water partition coefficient (Wildman–Crippen LogP) is 7.89. The van der Waals surface area contributed by atoms with E-state index in [2.05, 4.69) is 20.6 Å². The van der Waals surface area contributed by atoms with Gasteiger partial charge in [-0.3, -0.25) is 4.79 Å². The third kappa shape index (κ3) is 14.8. The van der Waals surface area contributed by atoms with Gasteiger partial charge in [0, 0.05) is 24.2 Å². The van der Waals surface area contributed by atoms with Gasteiger partial charge in [-0.2, -0.15) is 0 Å². The molecule has 3 aromatic rings. The van der Waals surface area contributed by atoms with E-state index in [0.29, 0.717) is 17.2 Å². The van der Waals surface area contributed by atoms with Crippen LogP contribution in [0.5, 0.6) is 11.5 Å². The molecule has 218 valence electrons. The molecule has 1 heterocycles. The third-order valence-electron chi connectivity index (χ3n) is 4.75. The molecule has 0 atom stereocenters. The largest absolute Gasteiger partial charge is 0.456 e. The van der Waals surface area contributed by atoms with Gasteiger partial charge in [0.15, 0.2) is 0 Å². The fourth-order valence-corrected chi connectivity index (χ4v) is 3.13. The van der Waals surface area contributed by atoms with Gasteiger partial charge in [0.25, 0.3) is 0 Å². The predicted molar refractivity (Wildman–Crippen MR) is 167 cm³/mol. The van der Waals surface area contributed by atoms with Crippen LogP contribution in [0, 0.1) is 13.8 Å². The molecule has 1 aromatic heterocycles. The van der Waals surface area contributed by atoms with Gasteiger partial charge in [0.2, 0.25) is 5.91 Å². The van der Waals surface area contributed by atoms with Crippen LogP contribution in [0.1, 0.15) is 64.3 Å². The average Bonchev–Trinajstić information content (AvgIpc) is 2.99. The second kappa shape index (κ2) is 24.0. The number of carbonyl (C=O) groups is 3. The van der Waals surface area contributed by atoms with E-state index in [0.717, 1.165) is 47.0 Å². The number of aryl methyl sites for hydroxylation is 1. The molecule has 2 aromatic carbocycles. The maximum absolute atomic E-state index is 10.5. The van der Waals surface area contributed by atoms with E-state index in [1.807, 2.05) is 117 Å². The SMILES string of the molecule is C/C=C\c1ncnc(Nc2ccc(Oc3cccc(C)c3)c(Cl)c2)c1C.C=O.C=O.CC.CCCNC(=O)CC. The number of benzene rings is 2. The van der Waals surface area contributed by atoms with Crippen LogP contribution in [-0.2, 0) is 14.4 Å². The van der Waals surface area contributed by atoms with Gasteiger partial charge in [-0.05, 0) is 69.2 Å². The molecule has 2 N–H and O–H groups in total. The Morgan fingerprint density at radius 2 is 1.70 bits per heavy atom. The highest BCUT2D eigenvalue weighted by molar-refractivity contribution is 6.32. The monoisotopic (exact) mass is 570 g/mol. The van der Waals surface area contributed by atoms with Gasteiger partial charge >= 0.3 is 0 Å². The van der Waals surface area contributed by atoms with E-state index < -0.39 is 0 Å². The van der Waals surface area contributed by atoms with Gasteiger partial charge in [0.1, 0.15) is 37.2 Å². The van der Waals surface area contributed by atoms with Crippen molar-refractivity contribution in [3.8, 4) is 11.5 Å². The lowest BCUT2D eigenvalue weighted by molar-refractivity contribution is -0.120. The number of ether oxygens (including phenoxy) is 1. The highest BCUT2D eigenvalue weighted by Gasteiger charge is 2.08. The van der Waals surface area contributed by atoms with Crippen LogP contribution >= 0.6 is 11.6 Å². The summed E-state index contributed by atoms with van der Waals surface area (Å²) in [5.41, 5.74) is 3.82. The van der Waals surface area contributed by atoms with Crippen molar-refractivity contribution in [2.45, 2.75) is 61.3 Å². The molecule has 0 radical (unpaired) electrons. The summed E-state index contributed by atoms with van der Waals surface area (Å²) in [7, 11) is 0. The first-order valence-corrected chi connectivity index (χ1v) is 13.4. The molecule has 0 aliphatic rings. The summed E-state index contributed by atoms with van der Waals surface area (Å²) in [5, 5.41) is 6.55. The Morgan fingerprint density at radius 1 is 1.02 bits per heavy atom. The minimum Gasteiger partial charge on any atom is -0.456 e. The smallest absolute Gasteiger partial charge is 0.219 e. The Morgan fingerprint density at radius 3 is 2.25 bits per heavy atom. The first-order chi connectivity index (χ1) is 19.4. The Hall–Kier alpha value is -4.04. The van der Waals surface area contributed by atoms with Crippen molar-refractivity contribution in [2.24, 2.45) is 0 Å². The molecule has 0 spiro atoms. The van der Waals surface area contributed by atoms with Gasteiger partial charge in [0.05, 0.1) is 10.7 Å². The van der Waals surface area contributed by atoms with Crippen LogP contribution in [0.2, 0.25) is 5.02 Å². The summed E-state index contributed by atoms with van der Waals surface area (Å²) in [5.74, 6) is 2.26. The van der Waals surface area contributed by atoms with E-state index in [9.17, 15) is 4.79 Å². The molecule has 0 aliphatic heterocycles. The van der Waals surface area contributed by atoms with Crippen LogP contribution < -0.4 is 15.4 Å². The maximum Gasteiger partial charge on any atom is 0.219 e. The van der Waals surface area contributed by atoms with E-state index in [1.54, 1.807) is 6.33 Å². The van der Waals surface area contributed by atoms with Crippen molar-refractivity contribution in [3.05, 3.63) is 76.7 Å². The van der Waals surface area contributed by atoms with Crippen LogP contribution in [0.3, 0.4) is 0 Å². The average molecular weight is 571 g/mol. The molecule has 40 heavy (non-hydrogen) atoms. The zero-order valence-corrected chi connectivity index (χ0v) is 25.5. The molecule has 0 saturated heterocycles. The second-order valence-electron chi connectivity index (χ2n) is 7.62. The van der Waals surface area contributed by atoms with Crippen molar-refractivity contribution in [3.63, 3.8) is 0 Å². The Kier molecular flexibility index (Phi) is 22.9. The van der Waals surface area contributed by atoms with Crippen molar-refractivity contribution >= 4 is 48.7 Å². The van der Waals surface area contributed by atoms with Gasteiger partial charge in [-0.15, -0.1) is 0 Å². The lowest BCUT2D eigenvalue weighted by Crippen LogP contribution is -2.22. The van der Waals surface area contributed by atoms with E-state index in [-0.39, 0.29) is 5.91 Å². The molecule has 0 aliphatic carbocycles. The molecular formula is C31H43ClN4O4. The molecule has 0 fully saturated rings. The molecule has 8 nitrogen and oxygen atoms in total. The molecular weight excluding hydrogens is 528 g/mol. The van der Waals surface area contributed by atoms with E-state index in [1.165, 1.54) is 0 Å². The Bertz CT molecular complexity index is 1150. The quantitative estimate of drug-likeness (QED) is 0.283. The van der Waals surface area contributed by atoms with E-state index in [4.69, 9.17) is 25.9 Å². The fourth-order valence-electron chi connectivity index (χ4n) is 2.91. The van der Waals surface area contributed by atoms with E-state index >= 15 is 0 Å². The van der Waals surface area contributed by atoms with Crippen LogP contribution in [0.4, 0.5) is 11.5 Å². The third-order valence-corrected chi connectivity index (χ3v) is 5.05. The Balaban J connectivity index is 0. The summed E-state index contributed by atoms with van der Waals surface area (Å²) >= 11 is 6.40. The normalized spacial score (nSPS) is 9.20. The number of rotatable bonds is 8. The van der Waals surface area contributed by atoms with Crippen molar-refractivity contribution < 1.29 is 19.1 Å². The number of hydrogen-bond acceptors (Lipinski definition) is 7. The topological polar surface area (TPSA) is 110 Å². The zero-order chi connectivity index (χ0) is 30.9. The zero-order valence-electron chi connectivity index (χ0n) is 24.7. The van der Waals surface area contributed by atoms with Crippen molar-refractivity contribution in [1.29, 1.82) is 0 Å². The minimum absolute atomic E-state index is 0.145. The first kappa shape index (κ1) is 38.1. The molecule has 0 saturated carbocycles. The maximum atomic E-state index is 10.5. The lowest BCUT2D eigenvalue weighted by atomic mass is 10.2. The summed E-state index contributed by atoms with van der Waals surface area (Å²) in [6.07, 6.45) is 7.06. The summed E-state index contributed by atoms with van der Waals surface area (Å²) in [6, 6.07) is 13.4. The van der Waals surface area contributed by atoms with Gasteiger partial charge < -0.3 is 25.0 Å². The van der Waals surface area contributed by atoms with Crippen LogP contribution in [-0.4, -0.2) is 36.0 Å². The van der Waals surface area contributed by atoms with Gasteiger partial charge in [-0.25, -0.2) is 9.97 Å². The lowest BCUT2D eigenvalue weighted by Gasteiger charge is -2.12. The summed E-state index contributed by atoms with van der Waals surface area (Å²) < 4.78 is 5.88. The number of hydrogen-bond donors (Lipinski definition) is 2. The molecule has 1 amide bonds. The molecule has 0 bridgehead atoms. The Labute approximate surface area is 244 Å². The summed E-state index contributed by atoms with van der Waals surface area (Å²) in [4.78, 5) is 35.0. The number of amides is 1. The highest BCUT2D eigenvalue weighted by Crippen LogP contribution is 2.33. The molecule has 0 unspecified atom stereocenters. The van der Waals surface area contributed by atoms with Crippen molar-refractivity contribution in [1.82, 2.24) is 15.3 Å². The standard InChI is InChI=1S/C21H20ClN3O.C6H13NO.C2H6.2CH2O/c1-4-6-19-15(3)21(24-13-23-19)25-16-9-10-20(18(22)12-16)26-17-8-5-7-14(2)11-17;1-3-5-7-6(8)4-2;3*1-2/h4-13H,1-3H3,(H,23,24,25);3-5H2,1-2H3,(H,7,8);1-2H3;2*1H2/b6-4-;;;;. The number of nitrogens with zero attached hydrogens (tertiary/aromatic N) is 2. The van der Waals surface area contributed by atoms with Crippen LogP contribution in [0.25, 0.3) is 6.08 Å². The second-order valence-corrected chi connectivity index (χ2v) is 8.03. The molecule has 3 rings (SSSR count). The number of carbonyl (C=O) groups excluding carboxylic acids is 3. The van der Waals surface area contributed by atoms with Gasteiger partial charge in [-0.1, -0.05) is 57.5 Å². The summed E-state index contributed by atoms with van der Waals surface area (Å²) in [6.45, 7) is 18.7. The fraction of sp³-hybridized carbons (Fsp3) is 0.323. The molecule has 9 heteroatoms. The number of anilines is 2. The van der Waals surface area contributed by atoms with Crippen molar-refractivity contribution in [2.75, 3.05) is 11.9 Å². The number of allylic oxidation sites excluding steroid dienone is 1. The first-order valence-electron chi connectivity index (χ1n) is 13.0. The number of halogens is 1. The number of aromatic nitrogens is 2. The highest BCUT2D eigenvalue weighted by atomic mass is 35.5.